The molecule has 13 heavy (non-hydrogen) atoms. The summed E-state index contributed by atoms with van der Waals surface area (Å²) in [5.41, 5.74) is 0. The Morgan fingerprint density at radius 2 is 2.15 bits per heavy atom. The molecule has 0 saturated heterocycles. The van der Waals surface area contributed by atoms with Gasteiger partial charge in [-0.3, -0.25) is 0 Å². The van der Waals surface area contributed by atoms with Gasteiger partial charge in [0, 0.05) is 4.91 Å². The van der Waals surface area contributed by atoms with E-state index in [1.807, 2.05) is 12.2 Å². The number of rotatable bonds is 2. The summed E-state index contributed by atoms with van der Waals surface area (Å²) in [5, 5.41) is 0. The van der Waals surface area contributed by atoms with Crippen LogP contribution in [0.2, 0.25) is 0 Å². The molecule has 0 aromatic rings. The van der Waals surface area contributed by atoms with Gasteiger partial charge in [-0.2, -0.15) is 0 Å². The van der Waals surface area contributed by atoms with E-state index in [0.717, 1.165) is 19.3 Å². The van der Waals surface area contributed by atoms with Crippen molar-refractivity contribution in [3.05, 3.63) is 23.1 Å². The molecule has 0 atom stereocenters. The predicted molar refractivity (Wildman–Crippen MR) is 58.4 cm³/mol. The molecule has 2 nitrogen and oxygen atoms in total. The van der Waals surface area contributed by atoms with Gasteiger partial charge in [-0.05, 0) is 31.8 Å². The van der Waals surface area contributed by atoms with Crippen LogP contribution >= 0.6 is 15.9 Å². The van der Waals surface area contributed by atoms with E-state index in [-0.39, 0.29) is 4.66 Å². The van der Waals surface area contributed by atoms with Crippen LogP contribution in [0.15, 0.2) is 23.1 Å². The van der Waals surface area contributed by atoms with E-state index in [1.165, 1.54) is 0 Å². The van der Waals surface area contributed by atoms with Crippen molar-refractivity contribution in [3.8, 4) is 0 Å². The molecule has 0 radical (unpaired) electrons. The van der Waals surface area contributed by atoms with Gasteiger partial charge in [0.15, 0.2) is 9.84 Å². The molecule has 0 unspecified atom stereocenters. The van der Waals surface area contributed by atoms with Crippen LogP contribution in [0.3, 0.4) is 0 Å². The number of allylic oxidation sites excluding steroid dienone is 4. The Kier molecular flexibility index (Phi) is 4.19. The summed E-state index contributed by atoms with van der Waals surface area (Å²) in [6, 6.07) is 0. The zero-order valence-corrected chi connectivity index (χ0v) is 9.77. The van der Waals surface area contributed by atoms with Crippen molar-refractivity contribution in [2.24, 2.45) is 0 Å². The van der Waals surface area contributed by atoms with Gasteiger partial charge in [-0.1, -0.05) is 28.1 Å². The van der Waals surface area contributed by atoms with E-state index in [4.69, 9.17) is 0 Å². The Morgan fingerprint density at radius 3 is 2.85 bits per heavy atom. The standard InChI is InChI=1S/C9H13BrO2S/c10-8-13(11,12)9-6-4-2-1-3-5-7-9/h2,4,6H,1,3,5,7-8H2/b4-2-,9-6+. The lowest BCUT2D eigenvalue weighted by atomic mass is 10.1. The quantitative estimate of drug-likeness (QED) is 0.719. The third kappa shape index (κ3) is 3.27. The van der Waals surface area contributed by atoms with Gasteiger partial charge in [-0.25, -0.2) is 8.42 Å². The number of hydrogen-bond acceptors (Lipinski definition) is 2. The van der Waals surface area contributed by atoms with Gasteiger partial charge in [0.1, 0.15) is 4.66 Å². The smallest absolute Gasteiger partial charge is 0.184 e. The van der Waals surface area contributed by atoms with E-state index < -0.39 is 9.84 Å². The van der Waals surface area contributed by atoms with Crippen LogP contribution in [0.1, 0.15) is 25.7 Å². The fourth-order valence-corrected chi connectivity index (χ4v) is 3.01. The highest BCUT2D eigenvalue weighted by molar-refractivity contribution is 9.10. The summed E-state index contributed by atoms with van der Waals surface area (Å²) < 4.78 is 23.0. The number of sulfone groups is 1. The van der Waals surface area contributed by atoms with Crippen LogP contribution in [0, 0.1) is 0 Å². The Bertz CT molecular complexity index is 315. The fourth-order valence-electron chi connectivity index (χ4n) is 1.25. The van der Waals surface area contributed by atoms with Crippen LogP contribution in [0.5, 0.6) is 0 Å². The van der Waals surface area contributed by atoms with Crippen molar-refractivity contribution in [1.29, 1.82) is 0 Å². The maximum absolute atomic E-state index is 11.5. The summed E-state index contributed by atoms with van der Waals surface area (Å²) in [5.74, 6) is 0. The largest absolute Gasteiger partial charge is 0.223 e. The molecule has 1 aliphatic carbocycles. The van der Waals surface area contributed by atoms with Crippen LogP contribution in [0.25, 0.3) is 0 Å². The molecule has 0 amide bonds. The highest BCUT2D eigenvalue weighted by Crippen LogP contribution is 2.20. The minimum atomic E-state index is -3.03. The van der Waals surface area contributed by atoms with Gasteiger partial charge in [-0.15, -0.1) is 0 Å². The minimum Gasteiger partial charge on any atom is -0.223 e. The SMILES string of the molecule is O=S(=O)(CBr)/C1=C/C=C\CCCC1. The van der Waals surface area contributed by atoms with Crippen molar-refractivity contribution in [1.82, 2.24) is 0 Å². The Labute approximate surface area is 87.8 Å². The van der Waals surface area contributed by atoms with Crippen LogP contribution in [-0.4, -0.2) is 13.1 Å². The summed E-state index contributed by atoms with van der Waals surface area (Å²) in [6.45, 7) is 0. The molecular formula is C9H13BrO2S. The Morgan fingerprint density at radius 1 is 1.38 bits per heavy atom. The predicted octanol–water partition coefficient (Wildman–Crippen LogP) is 2.77. The van der Waals surface area contributed by atoms with Gasteiger partial charge in [0.05, 0.1) is 0 Å². The Balaban J connectivity index is 2.88. The second kappa shape index (κ2) is 4.96. The second-order valence-corrected chi connectivity index (χ2v) is 6.38. The molecule has 1 aliphatic rings. The van der Waals surface area contributed by atoms with E-state index >= 15 is 0 Å². The van der Waals surface area contributed by atoms with E-state index in [2.05, 4.69) is 15.9 Å². The molecule has 4 heteroatoms. The maximum atomic E-state index is 11.5. The first-order chi connectivity index (χ1) is 6.17. The number of alkyl halides is 1. The van der Waals surface area contributed by atoms with Gasteiger partial charge >= 0.3 is 0 Å². The monoisotopic (exact) mass is 264 g/mol. The molecule has 0 aromatic carbocycles. The molecule has 0 N–H and O–H groups in total. The minimum absolute atomic E-state index is 0.0275. The van der Waals surface area contributed by atoms with Gasteiger partial charge < -0.3 is 0 Å². The summed E-state index contributed by atoms with van der Waals surface area (Å²) in [7, 11) is -3.03. The lowest BCUT2D eigenvalue weighted by molar-refractivity contribution is 0.603. The molecule has 0 spiro atoms. The van der Waals surface area contributed by atoms with Crippen LogP contribution in [0.4, 0.5) is 0 Å². The van der Waals surface area contributed by atoms with Crippen molar-refractivity contribution in [2.45, 2.75) is 25.7 Å². The van der Waals surface area contributed by atoms with Crippen LogP contribution in [-0.2, 0) is 9.84 Å². The van der Waals surface area contributed by atoms with Crippen molar-refractivity contribution >= 4 is 25.8 Å². The Hall–Kier alpha value is -0.0900. The normalized spacial score (nSPS) is 25.5. The topological polar surface area (TPSA) is 34.1 Å². The van der Waals surface area contributed by atoms with Gasteiger partial charge in [0.25, 0.3) is 0 Å². The molecule has 0 saturated carbocycles. The fraction of sp³-hybridized carbons (Fsp3) is 0.556. The molecule has 0 aliphatic heterocycles. The maximum Gasteiger partial charge on any atom is 0.184 e. The number of halogens is 1. The summed E-state index contributed by atoms with van der Waals surface area (Å²) in [6.07, 6.45) is 9.35. The molecule has 0 aromatic heterocycles. The third-order valence-electron chi connectivity index (χ3n) is 2.01. The highest BCUT2D eigenvalue weighted by atomic mass is 79.9. The van der Waals surface area contributed by atoms with Crippen molar-refractivity contribution in [2.75, 3.05) is 4.66 Å². The van der Waals surface area contributed by atoms with Crippen molar-refractivity contribution in [3.63, 3.8) is 0 Å². The first-order valence-corrected chi connectivity index (χ1v) is 7.08. The van der Waals surface area contributed by atoms with Crippen LogP contribution < -0.4 is 0 Å². The van der Waals surface area contributed by atoms with E-state index in [1.54, 1.807) is 6.08 Å². The first-order valence-electron chi connectivity index (χ1n) is 4.31. The van der Waals surface area contributed by atoms with E-state index in [0.29, 0.717) is 11.3 Å². The zero-order chi connectivity index (χ0) is 9.73. The highest BCUT2D eigenvalue weighted by Gasteiger charge is 2.15. The molecule has 74 valence electrons. The lowest BCUT2D eigenvalue weighted by Gasteiger charge is -2.07. The summed E-state index contributed by atoms with van der Waals surface area (Å²) >= 11 is 3.00. The lowest BCUT2D eigenvalue weighted by Crippen LogP contribution is -2.05. The van der Waals surface area contributed by atoms with E-state index in [9.17, 15) is 8.42 Å². The number of hydrogen-bond donors (Lipinski definition) is 0. The van der Waals surface area contributed by atoms with Crippen molar-refractivity contribution < 1.29 is 8.42 Å². The average molecular weight is 265 g/mol. The molecule has 0 heterocycles. The molecule has 0 fully saturated rings. The molecule has 0 bridgehead atoms. The average Bonchev–Trinajstić information content (AvgIpc) is 2.03. The summed E-state index contributed by atoms with van der Waals surface area (Å²) in [4.78, 5) is 0.556. The zero-order valence-electron chi connectivity index (χ0n) is 7.37. The molecular weight excluding hydrogens is 252 g/mol. The molecule has 1 rings (SSSR count). The van der Waals surface area contributed by atoms with Gasteiger partial charge in [0.2, 0.25) is 0 Å². The second-order valence-electron chi connectivity index (χ2n) is 3.03. The first kappa shape index (κ1) is 11.0. The third-order valence-corrected chi connectivity index (χ3v) is 5.24.